The second kappa shape index (κ2) is 5.54. The molecule has 8 nitrogen and oxygen atoms in total. The summed E-state index contributed by atoms with van der Waals surface area (Å²) in [5, 5.41) is 12.2. The lowest BCUT2D eigenvalue weighted by atomic mass is 10.0. The van der Waals surface area contributed by atoms with Gasteiger partial charge in [0.05, 0.1) is 13.1 Å². The van der Waals surface area contributed by atoms with E-state index in [0.29, 0.717) is 0 Å². The van der Waals surface area contributed by atoms with Crippen LogP contribution in [0.5, 0.6) is 0 Å². The normalized spacial score (nSPS) is 26.0. The number of carboxylic acids is 1. The first-order chi connectivity index (χ1) is 9.08. The monoisotopic (exact) mass is 288 g/mol. The molecule has 9 heteroatoms. The van der Waals surface area contributed by atoms with Gasteiger partial charge in [-0.3, -0.25) is 4.90 Å². The van der Waals surface area contributed by atoms with Crippen molar-refractivity contribution in [2.45, 2.75) is 44.5 Å². The van der Waals surface area contributed by atoms with Crippen molar-refractivity contribution in [3.05, 3.63) is 10.4 Å². The van der Waals surface area contributed by atoms with Gasteiger partial charge in [0.25, 0.3) is 0 Å². The van der Waals surface area contributed by atoms with Crippen molar-refractivity contribution in [2.24, 2.45) is 5.11 Å². The first-order valence-corrected chi connectivity index (χ1v) is 6.00. The largest absolute Gasteiger partial charge is 0.480 e. The van der Waals surface area contributed by atoms with Gasteiger partial charge >= 0.3 is 12.1 Å². The van der Waals surface area contributed by atoms with Gasteiger partial charge in [0.1, 0.15) is 17.3 Å². The van der Waals surface area contributed by atoms with Crippen molar-refractivity contribution < 1.29 is 23.8 Å². The molecule has 2 unspecified atom stereocenters. The van der Waals surface area contributed by atoms with Gasteiger partial charge in [-0.15, -0.1) is 0 Å². The number of amides is 1. The predicted molar refractivity (Wildman–Crippen MR) is 66.8 cm³/mol. The fourth-order valence-corrected chi connectivity index (χ4v) is 1.94. The minimum absolute atomic E-state index is 0.430. The maximum absolute atomic E-state index is 14.4. The fourth-order valence-electron chi connectivity index (χ4n) is 1.94. The number of hydrogen-bond acceptors (Lipinski definition) is 4. The van der Waals surface area contributed by atoms with Gasteiger partial charge in [0.15, 0.2) is 0 Å². The Morgan fingerprint density at radius 3 is 2.65 bits per heavy atom. The first-order valence-electron chi connectivity index (χ1n) is 6.00. The Kier molecular flexibility index (Phi) is 4.44. The van der Waals surface area contributed by atoms with E-state index in [-0.39, 0.29) is 0 Å². The molecule has 1 aliphatic heterocycles. The van der Waals surface area contributed by atoms with Gasteiger partial charge in [-0.2, -0.15) is 0 Å². The molecule has 20 heavy (non-hydrogen) atoms. The zero-order valence-corrected chi connectivity index (χ0v) is 11.5. The third-order valence-electron chi connectivity index (χ3n) is 2.72. The molecule has 1 fully saturated rings. The summed E-state index contributed by atoms with van der Waals surface area (Å²) in [6.45, 7) is 3.88. The first kappa shape index (κ1) is 16.0. The number of alkyl halides is 1. The average Bonchev–Trinajstić information content (AvgIpc) is 2.64. The van der Waals surface area contributed by atoms with Crippen LogP contribution < -0.4 is 0 Å². The molecule has 1 heterocycles. The molecule has 112 valence electrons. The summed E-state index contributed by atoms with van der Waals surface area (Å²) < 4.78 is 19.4. The maximum atomic E-state index is 14.4. The van der Waals surface area contributed by atoms with Crippen molar-refractivity contribution in [3.63, 3.8) is 0 Å². The number of ether oxygens (including phenoxy) is 1. The van der Waals surface area contributed by atoms with E-state index < -0.39 is 48.9 Å². The molecular weight excluding hydrogens is 271 g/mol. The Bertz CT molecular complexity index is 458. The van der Waals surface area contributed by atoms with Crippen LogP contribution in [0.15, 0.2) is 5.11 Å². The molecule has 0 aromatic heterocycles. The number of nitrogens with zero attached hydrogens (tertiary/aromatic N) is 4. The molecule has 2 atom stereocenters. The van der Waals surface area contributed by atoms with Gasteiger partial charge in [-0.05, 0) is 26.3 Å². The summed E-state index contributed by atoms with van der Waals surface area (Å²) in [6.07, 6.45) is -1.33. The number of hydrogen-bond donors (Lipinski definition) is 1. The smallest absolute Gasteiger partial charge is 0.411 e. The summed E-state index contributed by atoms with van der Waals surface area (Å²) in [6, 6.07) is -1.33. The highest BCUT2D eigenvalue weighted by molar-refractivity contribution is 5.81. The van der Waals surface area contributed by atoms with E-state index in [1.54, 1.807) is 20.8 Å². The van der Waals surface area contributed by atoms with Gasteiger partial charge in [0, 0.05) is 11.3 Å². The summed E-state index contributed by atoms with van der Waals surface area (Å²) in [5.74, 6) is -1.32. The summed E-state index contributed by atoms with van der Waals surface area (Å²) in [5.41, 5.74) is 5.35. The van der Waals surface area contributed by atoms with Crippen molar-refractivity contribution in [2.75, 3.05) is 13.1 Å². The molecule has 0 aliphatic carbocycles. The number of rotatable bonds is 3. The van der Waals surface area contributed by atoms with Crippen LogP contribution in [0.3, 0.4) is 0 Å². The van der Waals surface area contributed by atoms with Crippen LogP contribution in [0.25, 0.3) is 10.4 Å². The van der Waals surface area contributed by atoms with Crippen molar-refractivity contribution in [1.82, 2.24) is 4.90 Å². The quantitative estimate of drug-likeness (QED) is 0.486. The lowest BCUT2D eigenvalue weighted by Gasteiger charge is -2.26. The molecule has 1 amide bonds. The Balaban J connectivity index is 2.90. The van der Waals surface area contributed by atoms with E-state index in [1.165, 1.54) is 0 Å². The van der Waals surface area contributed by atoms with Gasteiger partial charge in [-0.1, -0.05) is 5.11 Å². The minimum atomic E-state index is -2.05. The Morgan fingerprint density at radius 2 is 2.20 bits per heavy atom. The number of aliphatic carboxylic acids is 1. The molecular formula is C11H17FN4O4. The number of carboxylic acid groups (broad SMARTS) is 1. The molecule has 0 bridgehead atoms. The van der Waals surface area contributed by atoms with E-state index in [2.05, 4.69) is 10.0 Å². The SMILES string of the molecule is CC(C)(C)OC(=O)N1CC(F)(CN=[N+]=[N-])CC1C(=O)O. The van der Waals surface area contributed by atoms with Crippen molar-refractivity contribution >= 4 is 12.1 Å². The number of azide groups is 1. The van der Waals surface area contributed by atoms with E-state index in [9.17, 15) is 14.0 Å². The van der Waals surface area contributed by atoms with E-state index in [4.69, 9.17) is 15.4 Å². The number of halogens is 1. The number of carbonyl (C=O) groups is 2. The van der Waals surface area contributed by atoms with Crippen LogP contribution in [0.1, 0.15) is 27.2 Å². The van der Waals surface area contributed by atoms with Crippen LogP contribution in [-0.2, 0) is 9.53 Å². The summed E-state index contributed by atoms with van der Waals surface area (Å²) in [7, 11) is 0. The molecule has 1 saturated heterocycles. The summed E-state index contributed by atoms with van der Waals surface area (Å²) in [4.78, 5) is 26.3. The van der Waals surface area contributed by atoms with Crippen LogP contribution in [0, 0.1) is 0 Å². The molecule has 0 saturated carbocycles. The lowest BCUT2D eigenvalue weighted by Crippen LogP contribution is -2.44. The van der Waals surface area contributed by atoms with Crippen LogP contribution in [-0.4, -0.2) is 52.5 Å². The van der Waals surface area contributed by atoms with Crippen LogP contribution in [0.4, 0.5) is 9.18 Å². The van der Waals surface area contributed by atoms with Gasteiger partial charge in [0.2, 0.25) is 0 Å². The molecule has 0 aromatic carbocycles. The third kappa shape index (κ3) is 3.99. The maximum Gasteiger partial charge on any atom is 0.411 e. The summed E-state index contributed by atoms with van der Waals surface area (Å²) >= 11 is 0. The van der Waals surface area contributed by atoms with Crippen LogP contribution in [0.2, 0.25) is 0 Å². The van der Waals surface area contributed by atoms with E-state index >= 15 is 0 Å². The molecule has 1 aliphatic rings. The van der Waals surface area contributed by atoms with Gasteiger partial charge < -0.3 is 9.84 Å². The standard InChI is InChI=1S/C11H17FN4O4/c1-10(2,3)20-9(19)16-6-11(12,5-14-15-13)4-7(16)8(17)18/h7H,4-6H2,1-3H3,(H,17,18). The lowest BCUT2D eigenvalue weighted by molar-refractivity contribution is -0.142. The molecule has 0 radical (unpaired) electrons. The van der Waals surface area contributed by atoms with Gasteiger partial charge in [-0.25, -0.2) is 14.0 Å². The number of likely N-dealkylation sites (tertiary alicyclic amines) is 1. The topological polar surface area (TPSA) is 116 Å². The zero-order valence-electron chi connectivity index (χ0n) is 11.5. The predicted octanol–water partition coefficient (Wildman–Crippen LogP) is 2.10. The highest BCUT2D eigenvalue weighted by Gasteiger charge is 2.50. The van der Waals surface area contributed by atoms with E-state index in [0.717, 1.165) is 4.90 Å². The molecule has 0 aromatic rings. The Labute approximate surface area is 115 Å². The minimum Gasteiger partial charge on any atom is -0.480 e. The highest BCUT2D eigenvalue weighted by Crippen LogP contribution is 2.32. The molecule has 1 rings (SSSR count). The number of carbonyl (C=O) groups excluding carboxylic acids is 1. The highest BCUT2D eigenvalue weighted by atomic mass is 19.1. The second-order valence-electron chi connectivity index (χ2n) is 5.71. The van der Waals surface area contributed by atoms with Crippen molar-refractivity contribution in [1.29, 1.82) is 0 Å². The second-order valence-corrected chi connectivity index (χ2v) is 5.71. The molecule has 0 spiro atoms. The van der Waals surface area contributed by atoms with Crippen LogP contribution >= 0.6 is 0 Å². The molecule has 1 N–H and O–H groups in total. The van der Waals surface area contributed by atoms with E-state index in [1.807, 2.05) is 0 Å². The fraction of sp³-hybridized carbons (Fsp3) is 0.818. The Hall–Kier alpha value is -2.02. The third-order valence-corrected chi connectivity index (χ3v) is 2.72. The average molecular weight is 288 g/mol. The zero-order chi connectivity index (χ0) is 15.6. The Morgan fingerprint density at radius 1 is 1.60 bits per heavy atom. The van der Waals surface area contributed by atoms with Crippen molar-refractivity contribution in [3.8, 4) is 0 Å².